The van der Waals surface area contributed by atoms with Gasteiger partial charge in [-0.3, -0.25) is 4.79 Å². The Bertz CT molecular complexity index is 678. The van der Waals surface area contributed by atoms with Gasteiger partial charge in [-0.1, -0.05) is 30.3 Å². The molecule has 0 saturated carbocycles. The van der Waals surface area contributed by atoms with Crippen molar-refractivity contribution in [2.45, 2.75) is 0 Å². The second kappa shape index (κ2) is 7.03. The molecule has 0 unspecified atom stereocenters. The van der Waals surface area contributed by atoms with E-state index in [9.17, 15) is 14.7 Å². The summed E-state index contributed by atoms with van der Waals surface area (Å²) in [5, 5.41) is 11.6. The van der Waals surface area contributed by atoms with E-state index in [-0.39, 0.29) is 5.70 Å². The van der Waals surface area contributed by atoms with Gasteiger partial charge in [0.05, 0.1) is 0 Å². The Balaban J connectivity index is 2.22. The first-order valence-electron chi connectivity index (χ1n) is 6.13. The summed E-state index contributed by atoms with van der Waals surface area (Å²) in [4.78, 5) is 23.2. The number of rotatable bonds is 4. The molecule has 2 N–H and O–H groups in total. The Kier molecular flexibility index (Phi) is 5.10. The van der Waals surface area contributed by atoms with Crippen LogP contribution < -0.4 is 5.32 Å². The van der Waals surface area contributed by atoms with Crippen LogP contribution in [0.1, 0.15) is 15.9 Å². The number of carbonyl (C=O) groups is 2. The van der Waals surface area contributed by atoms with Gasteiger partial charge in [0, 0.05) is 9.13 Å². The van der Waals surface area contributed by atoms with E-state index in [1.165, 1.54) is 6.08 Å². The summed E-state index contributed by atoms with van der Waals surface area (Å²) in [7, 11) is 0. The minimum absolute atomic E-state index is 0.162. The van der Waals surface area contributed by atoms with Crippen molar-refractivity contribution >= 4 is 40.5 Å². The van der Waals surface area contributed by atoms with Crippen LogP contribution in [0, 0.1) is 3.57 Å². The fourth-order valence-electron chi connectivity index (χ4n) is 1.66. The molecule has 5 heteroatoms. The second-order valence-corrected chi connectivity index (χ2v) is 5.48. The van der Waals surface area contributed by atoms with Gasteiger partial charge >= 0.3 is 5.97 Å². The van der Waals surface area contributed by atoms with E-state index in [4.69, 9.17) is 0 Å². The Morgan fingerprint density at radius 2 is 1.62 bits per heavy atom. The maximum atomic E-state index is 12.0. The molecule has 0 spiro atoms. The molecular weight excluding hydrogens is 381 g/mol. The zero-order chi connectivity index (χ0) is 15.2. The summed E-state index contributed by atoms with van der Waals surface area (Å²) in [5.74, 6) is -1.63. The highest BCUT2D eigenvalue weighted by Gasteiger charge is 2.12. The quantitative estimate of drug-likeness (QED) is 0.620. The lowest BCUT2D eigenvalue weighted by atomic mass is 10.1. The third-order valence-electron chi connectivity index (χ3n) is 2.70. The second-order valence-electron chi connectivity index (χ2n) is 4.23. The molecule has 0 aromatic heterocycles. The number of amides is 1. The van der Waals surface area contributed by atoms with Crippen LogP contribution in [0.4, 0.5) is 0 Å². The minimum Gasteiger partial charge on any atom is -0.477 e. The number of carboxylic acids is 1. The molecule has 2 aromatic carbocycles. The average Bonchev–Trinajstić information content (AvgIpc) is 2.49. The fraction of sp³-hybridized carbons (Fsp3) is 0. The Hall–Kier alpha value is -2.15. The molecule has 0 atom stereocenters. The monoisotopic (exact) mass is 393 g/mol. The van der Waals surface area contributed by atoms with Crippen molar-refractivity contribution in [3.05, 3.63) is 75.0 Å². The zero-order valence-electron chi connectivity index (χ0n) is 10.9. The van der Waals surface area contributed by atoms with Crippen LogP contribution >= 0.6 is 22.6 Å². The van der Waals surface area contributed by atoms with Crippen molar-refractivity contribution in [1.29, 1.82) is 0 Å². The molecule has 2 aromatic rings. The number of carboxylic acid groups (broad SMARTS) is 1. The normalized spacial score (nSPS) is 11.0. The van der Waals surface area contributed by atoms with Gasteiger partial charge in [-0.15, -0.1) is 0 Å². The van der Waals surface area contributed by atoms with Crippen molar-refractivity contribution in [1.82, 2.24) is 5.32 Å². The minimum atomic E-state index is -1.18. The van der Waals surface area contributed by atoms with Crippen molar-refractivity contribution < 1.29 is 14.7 Å². The van der Waals surface area contributed by atoms with E-state index in [0.29, 0.717) is 11.1 Å². The third kappa shape index (κ3) is 4.42. The summed E-state index contributed by atoms with van der Waals surface area (Å²) in [6.45, 7) is 0. The molecule has 1 amide bonds. The average molecular weight is 393 g/mol. The molecule has 21 heavy (non-hydrogen) atoms. The summed E-state index contributed by atoms with van der Waals surface area (Å²) in [6, 6.07) is 15.8. The molecule has 2 rings (SSSR count). The highest BCUT2D eigenvalue weighted by Crippen LogP contribution is 2.10. The van der Waals surface area contributed by atoms with Crippen LogP contribution in [0.2, 0.25) is 0 Å². The molecule has 0 aliphatic carbocycles. The highest BCUT2D eigenvalue weighted by molar-refractivity contribution is 14.1. The number of hydrogen-bond acceptors (Lipinski definition) is 2. The topological polar surface area (TPSA) is 66.4 Å². The van der Waals surface area contributed by atoms with Gasteiger partial charge in [0.25, 0.3) is 5.91 Å². The molecule has 0 saturated heterocycles. The lowest BCUT2D eigenvalue weighted by molar-refractivity contribution is -0.132. The molecule has 4 nitrogen and oxygen atoms in total. The van der Waals surface area contributed by atoms with Crippen LogP contribution in [-0.4, -0.2) is 17.0 Å². The number of nitrogens with one attached hydrogen (secondary N) is 1. The first-order valence-corrected chi connectivity index (χ1v) is 7.21. The molecule has 0 fully saturated rings. The zero-order valence-corrected chi connectivity index (χ0v) is 13.1. The smallest absolute Gasteiger partial charge is 0.352 e. The van der Waals surface area contributed by atoms with E-state index in [2.05, 4.69) is 27.9 Å². The van der Waals surface area contributed by atoms with Gasteiger partial charge in [0.15, 0.2) is 0 Å². The van der Waals surface area contributed by atoms with Crippen LogP contribution in [0.3, 0.4) is 0 Å². The molecule has 0 aliphatic rings. The van der Waals surface area contributed by atoms with Crippen molar-refractivity contribution in [3.63, 3.8) is 0 Å². The molecule has 0 heterocycles. The van der Waals surface area contributed by atoms with E-state index in [0.717, 1.165) is 3.57 Å². The maximum absolute atomic E-state index is 12.0. The van der Waals surface area contributed by atoms with E-state index < -0.39 is 11.9 Å². The summed E-state index contributed by atoms with van der Waals surface area (Å²) < 4.78 is 1.05. The fourth-order valence-corrected chi connectivity index (χ4v) is 2.02. The first kappa shape index (κ1) is 15.2. The van der Waals surface area contributed by atoms with Crippen LogP contribution in [0.5, 0.6) is 0 Å². The lowest BCUT2D eigenvalue weighted by Crippen LogP contribution is -2.27. The molecule has 0 aliphatic heterocycles. The lowest BCUT2D eigenvalue weighted by Gasteiger charge is -2.06. The summed E-state index contributed by atoms with van der Waals surface area (Å²) in [5.41, 5.74) is 0.957. The van der Waals surface area contributed by atoms with E-state index in [1.54, 1.807) is 42.5 Å². The van der Waals surface area contributed by atoms with Crippen LogP contribution in [0.25, 0.3) is 6.08 Å². The van der Waals surface area contributed by atoms with Gasteiger partial charge in [0.1, 0.15) is 5.70 Å². The van der Waals surface area contributed by atoms with Crippen LogP contribution in [0.15, 0.2) is 60.3 Å². The number of carbonyl (C=O) groups excluding carboxylic acids is 1. The van der Waals surface area contributed by atoms with Gasteiger partial charge in [0.2, 0.25) is 0 Å². The van der Waals surface area contributed by atoms with Gasteiger partial charge in [-0.25, -0.2) is 4.79 Å². The number of hydrogen-bond donors (Lipinski definition) is 2. The molecule has 0 radical (unpaired) electrons. The maximum Gasteiger partial charge on any atom is 0.352 e. The number of benzene rings is 2. The predicted octanol–water partition coefficient (Wildman–Crippen LogP) is 3.15. The van der Waals surface area contributed by atoms with Gasteiger partial charge in [-0.2, -0.15) is 0 Å². The standard InChI is InChI=1S/C16H12INO3/c17-13-8-6-11(7-9-13)10-14(16(20)21)18-15(19)12-4-2-1-3-5-12/h1-10H,(H,18,19)(H,20,21)/b14-10+. The van der Waals surface area contributed by atoms with Crippen molar-refractivity contribution in [2.24, 2.45) is 0 Å². The summed E-state index contributed by atoms with van der Waals surface area (Å²) >= 11 is 2.16. The van der Waals surface area contributed by atoms with Crippen LogP contribution in [-0.2, 0) is 4.79 Å². The summed E-state index contributed by atoms with van der Waals surface area (Å²) in [6.07, 6.45) is 1.43. The van der Waals surface area contributed by atoms with Crippen molar-refractivity contribution in [3.8, 4) is 0 Å². The molecular formula is C16H12INO3. The Morgan fingerprint density at radius 3 is 2.19 bits per heavy atom. The first-order chi connectivity index (χ1) is 10.1. The number of halogens is 1. The van der Waals surface area contributed by atoms with E-state index >= 15 is 0 Å². The Morgan fingerprint density at radius 1 is 1.00 bits per heavy atom. The Labute approximate surface area is 135 Å². The predicted molar refractivity (Wildman–Crippen MR) is 88.7 cm³/mol. The van der Waals surface area contributed by atoms with Gasteiger partial charge < -0.3 is 10.4 Å². The van der Waals surface area contributed by atoms with Crippen molar-refractivity contribution in [2.75, 3.05) is 0 Å². The SMILES string of the molecule is O=C(O)/C(=C\c1ccc(I)cc1)NC(=O)c1ccccc1. The third-order valence-corrected chi connectivity index (χ3v) is 3.41. The van der Waals surface area contributed by atoms with E-state index in [1.807, 2.05) is 12.1 Å². The largest absolute Gasteiger partial charge is 0.477 e. The molecule has 106 valence electrons. The number of aliphatic carboxylic acids is 1. The van der Waals surface area contributed by atoms with Gasteiger partial charge in [-0.05, 0) is 58.5 Å². The molecule has 0 bridgehead atoms. The highest BCUT2D eigenvalue weighted by atomic mass is 127.